The van der Waals surface area contributed by atoms with E-state index in [0.29, 0.717) is 36.5 Å². The number of fused-ring (bicyclic) bond motifs is 3. The van der Waals surface area contributed by atoms with Crippen molar-refractivity contribution in [2.75, 3.05) is 33.4 Å². The molecule has 0 radical (unpaired) electrons. The third-order valence-electron chi connectivity index (χ3n) is 11.0. The molecule has 19 heteroatoms. The van der Waals surface area contributed by atoms with Gasteiger partial charge in [-0.1, -0.05) is 20.8 Å². The van der Waals surface area contributed by atoms with Crippen molar-refractivity contribution >= 4 is 35.1 Å². The van der Waals surface area contributed by atoms with Crippen LogP contribution in [0.1, 0.15) is 94.2 Å². The molecule has 4 N–H and O–H groups in total. The number of amides is 2. The van der Waals surface area contributed by atoms with Gasteiger partial charge in [-0.15, -0.1) is 11.3 Å². The van der Waals surface area contributed by atoms with E-state index >= 15 is 0 Å². The molecule has 56 heavy (non-hydrogen) atoms. The monoisotopic (exact) mass is 811 g/mol. The van der Waals surface area contributed by atoms with Gasteiger partial charge in [0, 0.05) is 62.6 Å². The molecule has 4 fully saturated rings. The Morgan fingerprint density at radius 2 is 1.77 bits per heavy atom. The maximum absolute atomic E-state index is 14.2. The number of likely N-dealkylation sites (N-methyl/N-ethyl adjacent to an activating group) is 1. The van der Waals surface area contributed by atoms with Gasteiger partial charge in [-0.2, -0.15) is 13.2 Å². The van der Waals surface area contributed by atoms with Crippen LogP contribution in [0.4, 0.5) is 13.2 Å². The fraction of sp³-hybridized carbons (Fsp3) is 0.703. The van der Waals surface area contributed by atoms with E-state index in [1.165, 1.54) is 13.8 Å². The summed E-state index contributed by atoms with van der Waals surface area (Å²) in [6.07, 6.45) is -2.74. The number of carboxylic acid groups (broad SMARTS) is 1. The molecule has 310 valence electrons. The summed E-state index contributed by atoms with van der Waals surface area (Å²) < 4.78 is 50.3. The fourth-order valence-corrected chi connectivity index (χ4v) is 8.52. The summed E-state index contributed by atoms with van der Waals surface area (Å²) in [5.74, 6) is -2.79. The zero-order valence-corrected chi connectivity index (χ0v) is 33.0. The average Bonchev–Trinajstić information content (AvgIpc) is 3.62. The second-order valence-corrected chi connectivity index (χ2v) is 16.4. The van der Waals surface area contributed by atoms with Crippen LogP contribution in [-0.2, 0) is 41.2 Å². The molecule has 6 rings (SSSR count). The van der Waals surface area contributed by atoms with Crippen molar-refractivity contribution < 1.29 is 52.0 Å². The second kappa shape index (κ2) is 18.7. The van der Waals surface area contributed by atoms with Crippen molar-refractivity contribution in [2.45, 2.75) is 109 Å². The summed E-state index contributed by atoms with van der Waals surface area (Å²) in [5, 5.41) is 28.6. The highest BCUT2D eigenvalue weighted by molar-refractivity contribution is 7.09. The summed E-state index contributed by atoms with van der Waals surface area (Å²) in [4.78, 5) is 67.8. The van der Waals surface area contributed by atoms with Crippen molar-refractivity contribution in [3.63, 3.8) is 0 Å². The molecular formula is C37H52F3N7O8S. The highest BCUT2D eigenvalue weighted by Gasteiger charge is 2.43. The Kier molecular flexibility index (Phi) is 14.4. The number of piperidine rings is 3. The van der Waals surface area contributed by atoms with Crippen LogP contribution >= 0.6 is 11.3 Å². The number of carboxylic acids is 1. The lowest BCUT2D eigenvalue weighted by molar-refractivity contribution is -0.151. The number of carbonyl (C=O) groups excluding carboxylic acids is 3. The summed E-state index contributed by atoms with van der Waals surface area (Å²) >= 11 is 1.11. The molecule has 15 nitrogen and oxygen atoms in total. The zero-order chi connectivity index (χ0) is 40.9. The number of nitrogens with zero attached hydrogens (tertiary/aromatic N) is 5. The highest BCUT2D eigenvalue weighted by Crippen LogP contribution is 2.34. The number of rotatable bonds is 18. The molecule has 2 amide bonds. The Morgan fingerprint density at radius 3 is 2.29 bits per heavy atom. The standard InChI is InChI=1S/C37H52F3N7O8S/c1-19(2)27(46(5)35(51)31(23-16-54-17-23)45-33(50)28-11-22-6-8-47(28)9-7-22)13-29(55-21(4)48)34-44-26(18-56-34)32(49)43-25(10-20(3)36(52)53)12-30-41-14-24(15-42-30)37(38,39)40/h14-15,18-20,22-23,25,27-29,31-32,43,49H,6-13,16-17H2,1-5H3,(H,45,50)(H,52,53)/t20-,25+,27+,28+,29+,31-,32?/m0/s1. The Hall–Kier alpha value is -3.78. The van der Waals surface area contributed by atoms with Gasteiger partial charge >= 0.3 is 18.1 Å². The lowest BCUT2D eigenvalue weighted by Gasteiger charge is -2.45. The normalized spacial score (nSPS) is 23.0. The van der Waals surface area contributed by atoms with Gasteiger partial charge in [0.2, 0.25) is 11.8 Å². The lowest BCUT2D eigenvalue weighted by atomic mass is 9.82. The first-order valence-electron chi connectivity index (χ1n) is 19.0. The first-order chi connectivity index (χ1) is 26.4. The highest BCUT2D eigenvalue weighted by atomic mass is 32.1. The molecule has 4 aliphatic heterocycles. The SMILES string of the molecule is CC(=O)O[C@H](C[C@H](C(C)C)N(C)C(=O)[C@@H](NC(=O)[C@H]1CC2CCN1CC2)C1COC1)c1nc(C(O)N[C@@H](Cc2ncc(C(F)(F)F)cn2)C[C@H](C)C(=O)O)cs1. The van der Waals surface area contributed by atoms with Crippen LogP contribution in [-0.4, -0.2) is 116 Å². The summed E-state index contributed by atoms with van der Waals surface area (Å²) in [6.45, 7) is 9.01. The van der Waals surface area contributed by atoms with Crippen molar-refractivity contribution in [3.05, 3.63) is 39.9 Å². The van der Waals surface area contributed by atoms with E-state index in [4.69, 9.17) is 9.47 Å². The molecule has 2 bridgehead atoms. The van der Waals surface area contributed by atoms with Crippen LogP contribution in [0.5, 0.6) is 0 Å². The number of hydrogen-bond donors (Lipinski definition) is 4. The summed E-state index contributed by atoms with van der Waals surface area (Å²) in [7, 11) is 1.67. The van der Waals surface area contributed by atoms with E-state index < -0.39 is 60.1 Å². The van der Waals surface area contributed by atoms with Crippen LogP contribution in [0.15, 0.2) is 17.8 Å². The summed E-state index contributed by atoms with van der Waals surface area (Å²) in [6, 6.07) is -2.32. The topological polar surface area (TPSA) is 196 Å². The average molecular weight is 812 g/mol. The molecule has 4 aliphatic rings. The smallest absolute Gasteiger partial charge is 0.419 e. The maximum atomic E-state index is 14.2. The van der Waals surface area contributed by atoms with Gasteiger partial charge in [0.1, 0.15) is 23.1 Å². The third-order valence-corrected chi connectivity index (χ3v) is 12.0. The van der Waals surface area contributed by atoms with Crippen LogP contribution in [0.2, 0.25) is 0 Å². The fourth-order valence-electron chi connectivity index (χ4n) is 7.64. The van der Waals surface area contributed by atoms with Crippen LogP contribution in [0, 0.1) is 23.7 Å². The van der Waals surface area contributed by atoms with E-state index in [0.717, 1.165) is 43.7 Å². The molecule has 2 aromatic rings. The molecule has 7 atom stereocenters. The van der Waals surface area contributed by atoms with Gasteiger partial charge < -0.3 is 29.9 Å². The van der Waals surface area contributed by atoms with Gasteiger partial charge in [-0.05, 0) is 50.6 Å². The Morgan fingerprint density at radius 1 is 1.11 bits per heavy atom. The largest absolute Gasteiger partial charge is 0.481 e. The number of aliphatic hydroxyl groups is 1. The second-order valence-electron chi connectivity index (χ2n) is 15.6. The van der Waals surface area contributed by atoms with Gasteiger partial charge in [-0.3, -0.25) is 29.4 Å². The van der Waals surface area contributed by atoms with Crippen LogP contribution in [0.25, 0.3) is 0 Å². The van der Waals surface area contributed by atoms with Gasteiger partial charge in [-0.25, -0.2) is 15.0 Å². The molecule has 4 saturated heterocycles. The van der Waals surface area contributed by atoms with E-state index in [2.05, 4.69) is 30.5 Å². The van der Waals surface area contributed by atoms with E-state index in [1.807, 2.05) is 13.8 Å². The molecular weight excluding hydrogens is 760 g/mol. The number of nitrogens with one attached hydrogen (secondary N) is 2. The quantitative estimate of drug-likeness (QED) is 0.127. The number of carbonyl (C=O) groups is 4. The number of ether oxygens (including phenoxy) is 2. The van der Waals surface area contributed by atoms with Crippen LogP contribution in [0.3, 0.4) is 0 Å². The minimum Gasteiger partial charge on any atom is -0.481 e. The molecule has 1 unspecified atom stereocenters. The molecule has 0 aliphatic carbocycles. The van der Waals surface area contributed by atoms with Crippen molar-refractivity contribution in [1.29, 1.82) is 0 Å². The van der Waals surface area contributed by atoms with Gasteiger partial charge in [0.25, 0.3) is 0 Å². The number of hydrogen-bond acceptors (Lipinski definition) is 13. The predicted octanol–water partition coefficient (Wildman–Crippen LogP) is 3.35. The number of aliphatic carboxylic acids is 1. The number of aliphatic hydroxyl groups excluding tert-OH is 1. The first kappa shape index (κ1) is 43.3. The molecule has 0 saturated carbocycles. The molecule has 0 spiro atoms. The number of alkyl halides is 3. The number of esters is 1. The number of aromatic nitrogens is 3. The first-order valence-corrected chi connectivity index (χ1v) is 19.9. The Labute approximate surface area is 327 Å². The van der Waals surface area contributed by atoms with E-state index in [-0.39, 0.29) is 60.5 Å². The lowest BCUT2D eigenvalue weighted by Crippen LogP contribution is -2.62. The Bertz CT molecular complexity index is 1670. The van der Waals surface area contributed by atoms with Gasteiger partial charge in [0.05, 0.1) is 36.4 Å². The minimum absolute atomic E-state index is 0.0120. The van der Waals surface area contributed by atoms with Crippen molar-refractivity contribution in [3.8, 4) is 0 Å². The van der Waals surface area contributed by atoms with Crippen molar-refractivity contribution in [2.24, 2.45) is 23.7 Å². The van der Waals surface area contributed by atoms with Crippen molar-refractivity contribution in [1.82, 2.24) is 35.4 Å². The maximum Gasteiger partial charge on any atom is 0.419 e. The molecule has 0 aromatic carbocycles. The third kappa shape index (κ3) is 11.0. The Balaban J connectivity index is 1.29. The van der Waals surface area contributed by atoms with E-state index in [9.17, 15) is 42.6 Å². The molecule has 2 aromatic heterocycles. The van der Waals surface area contributed by atoms with Crippen LogP contribution < -0.4 is 10.6 Å². The number of thiazole rings is 1. The molecule has 6 heterocycles. The summed E-state index contributed by atoms with van der Waals surface area (Å²) in [5.41, 5.74) is -0.898. The van der Waals surface area contributed by atoms with E-state index in [1.54, 1.807) is 17.3 Å². The minimum atomic E-state index is -4.63. The zero-order valence-electron chi connectivity index (χ0n) is 32.2. The van der Waals surface area contributed by atoms with Gasteiger partial charge in [0.15, 0.2) is 6.10 Å². The predicted molar refractivity (Wildman–Crippen MR) is 196 cm³/mol. The number of halogens is 3.